The highest BCUT2D eigenvalue weighted by atomic mass is 79.9. The Labute approximate surface area is 63.2 Å². The van der Waals surface area contributed by atoms with Gasteiger partial charge in [-0.25, -0.2) is 0 Å². The van der Waals surface area contributed by atoms with Crippen molar-refractivity contribution in [2.24, 2.45) is 0 Å². The SMILES string of the molecule is CCc1cc(Br)c(C)o1. The van der Waals surface area contributed by atoms with Gasteiger partial charge in [0.1, 0.15) is 11.5 Å². The van der Waals surface area contributed by atoms with E-state index in [0.29, 0.717) is 0 Å². The van der Waals surface area contributed by atoms with Crippen LogP contribution in [0.25, 0.3) is 0 Å². The van der Waals surface area contributed by atoms with E-state index in [1.807, 2.05) is 13.0 Å². The van der Waals surface area contributed by atoms with E-state index in [1.165, 1.54) is 0 Å². The standard InChI is InChI=1S/C7H9BrO/c1-3-6-4-7(8)5(2)9-6/h4H,3H2,1-2H3. The monoisotopic (exact) mass is 188 g/mol. The van der Waals surface area contributed by atoms with Gasteiger partial charge < -0.3 is 4.42 Å². The van der Waals surface area contributed by atoms with Crippen LogP contribution >= 0.6 is 15.9 Å². The summed E-state index contributed by atoms with van der Waals surface area (Å²) in [4.78, 5) is 0. The molecule has 0 aliphatic carbocycles. The Balaban J connectivity index is 2.98. The minimum absolute atomic E-state index is 0.965. The lowest BCUT2D eigenvalue weighted by Crippen LogP contribution is -1.67. The summed E-state index contributed by atoms with van der Waals surface area (Å²) >= 11 is 3.36. The Kier molecular flexibility index (Phi) is 1.96. The Hall–Kier alpha value is -0.240. The van der Waals surface area contributed by atoms with Crippen LogP contribution in [0.15, 0.2) is 15.0 Å². The van der Waals surface area contributed by atoms with Crippen molar-refractivity contribution >= 4 is 15.9 Å². The maximum Gasteiger partial charge on any atom is 0.115 e. The van der Waals surface area contributed by atoms with Crippen LogP contribution in [-0.4, -0.2) is 0 Å². The second kappa shape index (κ2) is 2.56. The third-order valence-electron chi connectivity index (χ3n) is 1.26. The fraction of sp³-hybridized carbons (Fsp3) is 0.429. The van der Waals surface area contributed by atoms with Crippen LogP contribution in [-0.2, 0) is 6.42 Å². The van der Waals surface area contributed by atoms with Crippen LogP contribution in [0.4, 0.5) is 0 Å². The second-order valence-corrected chi connectivity index (χ2v) is 2.82. The molecule has 0 fully saturated rings. The van der Waals surface area contributed by atoms with Crippen molar-refractivity contribution in [3.63, 3.8) is 0 Å². The molecule has 50 valence electrons. The van der Waals surface area contributed by atoms with Gasteiger partial charge in [0.15, 0.2) is 0 Å². The highest BCUT2D eigenvalue weighted by Gasteiger charge is 2.00. The van der Waals surface area contributed by atoms with Crippen LogP contribution in [0, 0.1) is 6.92 Å². The van der Waals surface area contributed by atoms with E-state index in [1.54, 1.807) is 0 Å². The number of hydrogen-bond donors (Lipinski definition) is 0. The lowest BCUT2D eigenvalue weighted by molar-refractivity contribution is 0.487. The highest BCUT2D eigenvalue weighted by Crippen LogP contribution is 2.20. The fourth-order valence-electron chi connectivity index (χ4n) is 0.692. The van der Waals surface area contributed by atoms with Gasteiger partial charge in [-0.05, 0) is 28.9 Å². The molecule has 0 atom stereocenters. The number of halogens is 1. The summed E-state index contributed by atoms with van der Waals surface area (Å²) in [7, 11) is 0. The van der Waals surface area contributed by atoms with E-state index in [2.05, 4.69) is 22.9 Å². The maximum atomic E-state index is 5.32. The van der Waals surface area contributed by atoms with Crippen LogP contribution in [0.5, 0.6) is 0 Å². The zero-order valence-electron chi connectivity index (χ0n) is 5.57. The van der Waals surface area contributed by atoms with Gasteiger partial charge in [-0.3, -0.25) is 0 Å². The molecule has 0 unspecified atom stereocenters. The summed E-state index contributed by atoms with van der Waals surface area (Å²) in [6.07, 6.45) is 0.965. The van der Waals surface area contributed by atoms with Crippen molar-refractivity contribution in [1.29, 1.82) is 0 Å². The molecule has 2 heteroatoms. The average molecular weight is 189 g/mol. The van der Waals surface area contributed by atoms with E-state index in [4.69, 9.17) is 4.42 Å². The Bertz CT molecular complexity index is 183. The number of rotatable bonds is 1. The molecule has 0 N–H and O–H groups in total. The first-order chi connectivity index (χ1) is 4.24. The summed E-state index contributed by atoms with van der Waals surface area (Å²) in [5, 5.41) is 0. The summed E-state index contributed by atoms with van der Waals surface area (Å²) in [5.74, 6) is 2.01. The van der Waals surface area contributed by atoms with Gasteiger partial charge in [-0.1, -0.05) is 6.92 Å². The molecule has 0 saturated heterocycles. The Morgan fingerprint density at radius 3 is 2.56 bits per heavy atom. The molecule has 0 aliphatic heterocycles. The Morgan fingerprint density at radius 2 is 2.33 bits per heavy atom. The van der Waals surface area contributed by atoms with Crippen molar-refractivity contribution in [2.45, 2.75) is 20.3 Å². The molecule has 1 nitrogen and oxygen atoms in total. The van der Waals surface area contributed by atoms with Crippen molar-refractivity contribution in [3.8, 4) is 0 Å². The second-order valence-electron chi connectivity index (χ2n) is 1.97. The largest absolute Gasteiger partial charge is 0.465 e. The molecule has 0 radical (unpaired) electrons. The Morgan fingerprint density at radius 1 is 1.67 bits per heavy atom. The molecular weight excluding hydrogens is 180 g/mol. The van der Waals surface area contributed by atoms with Crippen LogP contribution in [0.1, 0.15) is 18.4 Å². The molecule has 0 bridgehead atoms. The smallest absolute Gasteiger partial charge is 0.115 e. The number of hydrogen-bond acceptors (Lipinski definition) is 1. The molecule has 0 amide bonds. The highest BCUT2D eigenvalue weighted by molar-refractivity contribution is 9.10. The molecule has 1 heterocycles. The van der Waals surface area contributed by atoms with E-state index in [9.17, 15) is 0 Å². The number of aryl methyl sites for hydroxylation is 2. The van der Waals surface area contributed by atoms with Gasteiger partial charge in [-0.2, -0.15) is 0 Å². The molecular formula is C7H9BrO. The zero-order chi connectivity index (χ0) is 6.85. The van der Waals surface area contributed by atoms with Gasteiger partial charge in [0.25, 0.3) is 0 Å². The summed E-state index contributed by atoms with van der Waals surface area (Å²) in [6.45, 7) is 4.02. The topological polar surface area (TPSA) is 13.1 Å². The van der Waals surface area contributed by atoms with E-state index in [0.717, 1.165) is 22.4 Å². The summed E-state index contributed by atoms with van der Waals surface area (Å²) < 4.78 is 6.39. The van der Waals surface area contributed by atoms with Gasteiger partial charge in [-0.15, -0.1) is 0 Å². The molecule has 1 aromatic heterocycles. The van der Waals surface area contributed by atoms with Crippen molar-refractivity contribution < 1.29 is 4.42 Å². The predicted molar refractivity (Wildman–Crippen MR) is 40.5 cm³/mol. The van der Waals surface area contributed by atoms with Gasteiger partial charge in [0, 0.05) is 6.42 Å². The normalized spacial score (nSPS) is 10.1. The minimum atomic E-state index is 0.965. The predicted octanol–water partition coefficient (Wildman–Crippen LogP) is 2.91. The zero-order valence-corrected chi connectivity index (χ0v) is 7.16. The quantitative estimate of drug-likeness (QED) is 0.661. The molecule has 9 heavy (non-hydrogen) atoms. The molecule has 0 saturated carbocycles. The van der Waals surface area contributed by atoms with Crippen LogP contribution in [0.2, 0.25) is 0 Å². The van der Waals surface area contributed by atoms with Gasteiger partial charge >= 0.3 is 0 Å². The lowest BCUT2D eigenvalue weighted by Gasteiger charge is -1.83. The third-order valence-corrected chi connectivity index (χ3v) is 2.04. The van der Waals surface area contributed by atoms with Crippen LogP contribution < -0.4 is 0 Å². The molecule has 0 aromatic carbocycles. The lowest BCUT2D eigenvalue weighted by atomic mass is 10.4. The maximum absolute atomic E-state index is 5.32. The van der Waals surface area contributed by atoms with Crippen LogP contribution in [0.3, 0.4) is 0 Å². The van der Waals surface area contributed by atoms with Crippen molar-refractivity contribution in [3.05, 3.63) is 22.1 Å². The van der Waals surface area contributed by atoms with Gasteiger partial charge in [0.2, 0.25) is 0 Å². The van der Waals surface area contributed by atoms with Gasteiger partial charge in [0.05, 0.1) is 4.47 Å². The first kappa shape index (κ1) is 6.87. The van der Waals surface area contributed by atoms with Crippen molar-refractivity contribution in [1.82, 2.24) is 0 Å². The van der Waals surface area contributed by atoms with E-state index in [-0.39, 0.29) is 0 Å². The summed E-state index contributed by atoms with van der Waals surface area (Å²) in [5.41, 5.74) is 0. The molecule has 0 spiro atoms. The first-order valence-corrected chi connectivity index (χ1v) is 3.78. The fourth-order valence-corrected chi connectivity index (χ4v) is 1.03. The number of furan rings is 1. The van der Waals surface area contributed by atoms with E-state index >= 15 is 0 Å². The van der Waals surface area contributed by atoms with Crippen molar-refractivity contribution in [2.75, 3.05) is 0 Å². The molecule has 1 aromatic rings. The molecule has 1 rings (SSSR count). The minimum Gasteiger partial charge on any atom is -0.465 e. The molecule has 0 aliphatic rings. The average Bonchev–Trinajstić information content (AvgIpc) is 2.13. The summed E-state index contributed by atoms with van der Waals surface area (Å²) in [6, 6.07) is 2.01. The third kappa shape index (κ3) is 1.36. The van der Waals surface area contributed by atoms with E-state index < -0.39 is 0 Å². The first-order valence-electron chi connectivity index (χ1n) is 2.99.